The molecule has 1 aromatic rings. The van der Waals surface area contributed by atoms with Crippen molar-refractivity contribution in [3.63, 3.8) is 0 Å². The predicted octanol–water partition coefficient (Wildman–Crippen LogP) is 1.18. The molecule has 1 heterocycles. The molecule has 0 radical (unpaired) electrons. The average Bonchev–Trinajstić information content (AvgIpc) is 2.39. The van der Waals surface area contributed by atoms with Crippen molar-refractivity contribution in [1.82, 2.24) is 0 Å². The molecule has 0 aliphatic heterocycles. The van der Waals surface area contributed by atoms with E-state index in [2.05, 4.69) is 0 Å². The van der Waals surface area contributed by atoms with E-state index in [0.717, 1.165) is 5.76 Å². The van der Waals surface area contributed by atoms with E-state index in [4.69, 9.17) is 14.3 Å². The van der Waals surface area contributed by atoms with Crippen LogP contribution in [0.5, 0.6) is 0 Å². The van der Waals surface area contributed by atoms with Crippen LogP contribution in [0.15, 0.2) is 22.8 Å². The van der Waals surface area contributed by atoms with Crippen LogP contribution in [-0.4, -0.2) is 17.8 Å². The number of rotatable bonds is 4. The molecule has 0 amide bonds. The van der Waals surface area contributed by atoms with Crippen LogP contribution in [0.3, 0.4) is 0 Å². The van der Waals surface area contributed by atoms with Crippen molar-refractivity contribution in [1.29, 1.82) is 0 Å². The molecule has 1 N–H and O–H groups in total. The molecule has 0 saturated heterocycles. The molecule has 0 fully saturated rings. The normalized spacial score (nSPS) is 13.3. The van der Waals surface area contributed by atoms with Gasteiger partial charge in [-0.05, 0) is 19.1 Å². The van der Waals surface area contributed by atoms with Gasteiger partial charge in [0, 0.05) is 0 Å². The standard InChI is InChI=1S/C8H12O3/c1-7(9)5-10-6-8-3-2-4-11-8/h2-4,7,9H,5-6H2,1H3/t7-/m0/s1. The summed E-state index contributed by atoms with van der Waals surface area (Å²) in [6.45, 7) is 2.46. The minimum Gasteiger partial charge on any atom is -0.467 e. The van der Waals surface area contributed by atoms with Gasteiger partial charge in [0.05, 0.1) is 19.0 Å². The topological polar surface area (TPSA) is 42.6 Å². The van der Waals surface area contributed by atoms with E-state index in [-0.39, 0.29) is 0 Å². The molecule has 1 atom stereocenters. The van der Waals surface area contributed by atoms with Crippen LogP contribution in [0.4, 0.5) is 0 Å². The Morgan fingerprint density at radius 3 is 3.09 bits per heavy atom. The number of aliphatic hydroxyl groups is 1. The summed E-state index contributed by atoms with van der Waals surface area (Å²) in [5.41, 5.74) is 0. The molecule has 1 aromatic heterocycles. The van der Waals surface area contributed by atoms with Crippen molar-refractivity contribution >= 4 is 0 Å². The molecule has 1 rings (SSSR count). The van der Waals surface area contributed by atoms with Gasteiger partial charge >= 0.3 is 0 Å². The lowest BCUT2D eigenvalue weighted by atomic mass is 10.4. The Balaban J connectivity index is 2.14. The van der Waals surface area contributed by atoms with Crippen molar-refractivity contribution in [3.05, 3.63) is 24.2 Å². The van der Waals surface area contributed by atoms with E-state index in [9.17, 15) is 0 Å². The summed E-state index contributed by atoms with van der Waals surface area (Å²) >= 11 is 0. The third-order valence-electron chi connectivity index (χ3n) is 1.18. The maximum atomic E-state index is 8.83. The summed E-state index contributed by atoms with van der Waals surface area (Å²) < 4.78 is 10.1. The van der Waals surface area contributed by atoms with Gasteiger partial charge in [-0.25, -0.2) is 0 Å². The maximum absolute atomic E-state index is 8.83. The smallest absolute Gasteiger partial charge is 0.129 e. The van der Waals surface area contributed by atoms with Crippen LogP contribution in [0.25, 0.3) is 0 Å². The van der Waals surface area contributed by atoms with Crippen LogP contribution in [0.2, 0.25) is 0 Å². The molecule has 11 heavy (non-hydrogen) atoms. The second kappa shape index (κ2) is 4.16. The molecular formula is C8H12O3. The molecule has 0 spiro atoms. The third-order valence-corrected chi connectivity index (χ3v) is 1.18. The lowest BCUT2D eigenvalue weighted by molar-refractivity contribution is 0.0308. The first-order valence-corrected chi connectivity index (χ1v) is 3.57. The first-order chi connectivity index (χ1) is 5.29. The quantitative estimate of drug-likeness (QED) is 0.711. The molecule has 0 saturated carbocycles. The predicted molar refractivity (Wildman–Crippen MR) is 40.0 cm³/mol. The minimum absolute atomic E-state index is 0.348. The average molecular weight is 156 g/mol. The largest absolute Gasteiger partial charge is 0.467 e. The molecule has 0 bridgehead atoms. The number of furan rings is 1. The zero-order valence-electron chi connectivity index (χ0n) is 6.49. The Bertz CT molecular complexity index is 179. The van der Waals surface area contributed by atoms with Gasteiger partial charge in [-0.1, -0.05) is 0 Å². The van der Waals surface area contributed by atoms with Gasteiger partial charge in [0.1, 0.15) is 12.4 Å². The van der Waals surface area contributed by atoms with Crippen LogP contribution >= 0.6 is 0 Å². The number of aliphatic hydroxyl groups excluding tert-OH is 1. The molecule has 0 unspecified atom stereocenters. The highest BCUT2D eigenvalue weighted by molar-refractivity contribution is 4.95. The summed E-state index contributed by atoms with van der Waals surface area (Å²) in [7, 11) is 0. The van der Waals surface area contributed by atoms with Crippen LogP contribution in [-0.2, 0) is 11.3 Å². The van der Waals surface area contributed by atoms with Gasteiger partial charge in [-0.2, -0.15) is 0 Å². The molecular weight excluding hydrogens is 144 g/mol. The lowest BCUT2D eigenvalue weighted by Crippen LogP contribution is -2.09. The van der Waals surface area contributed by atoms with E-state index < -0.39 is 6.10 Å². The van der Waals surface area contributed by atoms with E-state index in [1.54, 1.807) is 19.3 Å². The fraction of sp³-hybridized carbons (Fsp3) is 0.500. The van der Waals surface area contributed by atoms with Crippen molar-refractivity contribution in [3.8, 4) is 0 Å². The molecule has 0 aliphatic rings. The Labute approximate surface area is 65.6 Å². The highest BCUT2D eigenvalue weighted by atomic mass is 16.5. The molecule has 0 aromatic carbocycles. The summed E-state index contributed by atoms with van der Waals surface area (Å²) in [6.07, 6.45) is 1.19. The fourth-order valence-electron chi connectivity index (χ4n) is 0.725. The Hall–Kier alpha value is -0.800. The van der Waals surface area contributed by atoms with Gasteiger partial charge in [0.15, 0.2) is 0 Å². The number of hydrogen-bond donors (Lipinski definition) is 1. The molecule has 62 valence electrons. The van der Waals surface area contributed by atoms with Gasteiger partial charge in [-0.15, -0.1) is 0 Å². The second-order valence-electron chi connectivity index (χ2n) is 2.44. The zero-order chi connectivity index (χ0) is 8.10. The van der Waals surface area contributed by atoms with Crippen LogP contribution in [0, 0.1) is 0 Å². The molecule has 0 aliphatic carbocycles. The maximum Gasteiger partial charge on any atom is 0.129 e. The zero-order valence-corrected chi connectivity index (χ0v) is 6.49. The van der Waals surface area contributed by atoms with Crippen LogP contribution in [0.1, 0.15) is 12.7 Å². The molecule has 3 nitrogen and oxygen atoms in total. The van der Waals surface area contributed by atoms with Crippen molar-refractivity contribution in [2.75, 3.05) is 6.61 Å². The first kappa shape index (κ1) is 8.30. The Kier molecular flexibility index (Phi) is 3.14. The highest BCUT2D eigenvalue weighted by Crippen LogP contribution is 2.01. The monoisotopic (exact) mass is 156 g/mol. The first-order valence-electron chi connectivity index (χ1n) is 3.57. The van der Waals surface area contributed by atoms with E-state index in [0.29, 0.717) is 13.2 Å². The second-order valence-corrected chi connectivity index (χ2v) is 2.44. The number of hydrogen-bond acceptors (Lipinski definition) is 3. The molecule has 3 heteroatoms. The highest BCUT2D eigenvalue weighted by Gasteiger charge is 1.97. The summed E-state index contributed by atoms with van der Waals surface area (Å²) in [5, 5.41) is 8.83. The van der Waals surface area contributed by atoms with Crippen molar-refractivity contribution in [2.45, 2.75) is 19.6 Å². The van der Waals surface area contributed by atoms with Crippen molar-refractivity contribution in [2.24, 2.45) is 0 Å². The van der Waals surface area contributed by atoms with Crippen molar-refractivity contribution < 1.29 is 14.3 Å². The fourth-order valence-corrected chi connectivity index (χ4v) is 0.725. The summed E-state index contributed by atoms with van der Waals surface area (Å²) in [6, 6.07) is 3.64. The van der Waals surface area contributed by atoms with E-state index in [1.165, 1.54) is 0 Å². The van der Waals surface area contributed by atoms with Gasteiger partial charge < -0.3 is 14.3 Å². The third kappa shape index (κ3) is 3.20. The number of ether oxygens (including phenoxy) is 1. The van der Waals surface area contributed by atoms with Gasteiger partial charge in [0.2, 0.25) is 0 Å². The van der Waals surface area contributed by atoms with E-state index >= 15 is 0 Å². The minimum atomic E-state index is -0.412. The summed E-state index contributed by atoms with van der Waals surface area (Å²) in [5.74, 6) is 0.783. The summed E-state index contributed by atoms with van der Waals surface area (Å²) in [4.78, 5) is 0. The van der Waals surface area contributed by atoms with Gasteiger partial charge in [0.25, 0.3) is 0 Å². The SMILES string of the molecule is C[C@H](O)COCc1ccco1. The Morgan fingerprint density at radius 2 is 2.55 bits per heavy atom. The van der Waals surface area contributed by atoms with Gasteiger partial charge in [-0.3, -0.25) is 0 Å². The lowest BCUT2D eigenvalue weighted by Gasteiger charge is -2.03. The Morgan fingerprint density at radius 1 is 1.73 bits per heavy atom. The van der Waals surface area contributed by atoms with Crippen LogP contribution < -0.4 is 0 Å². The van der Waals surface area contributed by atoms with E-state index in [1.807, 2.05) is 6.07 Å².